The summed E-state index contributed by atoms with van der Waals surface area (Å²) in [6, 6.07) is 6.06. The number of amides is 1. The maximum Gasteiger partial charge on any atom is 0.416 e. The second kappa shape index (κ2) is 10.4. The van der Waals surface area contributed by atoms with E-state index in [4.69, 9.17) is 4.74 Å². The van der Waals surface area contributed by atoms with Gasteiger partial charge in [0.2, 0.25) is 5.88 Å². The van der Waals surface area contributed by atoms with Crippen molar-refractivity contribution in [1.82, 2.24) is 14.8 Å². The van der Waals surface area contributed by atoms with E-state index in [1.807, 2.05) is 4.90 Å². The van der Waals surface area contributed by atoms with Crippen molar-refractivity contribution in [2.24, 2.45) is 0 Å². The highest BCUT2D eigenvalue weighted by molar-refractivity contribution is 7.86. The number of anilines is 1. The molecule has 3 aliphatic rings. The minimum atomic E-state index is -4.47. The van der Waals surface area contributed by atoms with Crippen LogP contribution in [0.25, 0.3) is 0 Å². The molecule has 5 rings (SSSR count). The summed E-state index contributed by atoms with van der Waals surface area (Å²) in [4.78, 5) is 22.5. The summed E-state index contributed by atoms with van der Waals surface area (Å²) in [5.74, 6) is 0.144. The van der Waals surface area contributed by atoms with Gasteiger partial charge in [-0.2, -0.15) is 13.2 Å². The predicted octanol–water partition coefficient (Wildman–Crippen LogP) is 4.11. The van der Waals surface area contributed by atoms with E-state index in [0.29, 0.717) is 17.8 Å². The molecule has 194 valence electrons. The maximum atomic E-state index is 13.6. The first-order valence-electron chi connectivity index (χ1n) is 12.3. The molecule has 1 aromatic carbocycles. The van der Waals surface area contributed by atoms with Crippen LogP contribution in [0.15, 0.2) is 41.4 Å². The molecule has 4 heterocycles. The predicted molar refractivity (Wildman–Crippen MR) is 129 cm³/mol. The molecule has 0 radical (unpaired) electrons. The first-order chi connectivity index (χ1) is 17.3. The number of hydrogen-bond donors (Lipinski definition) is 0. The first kappa shape index (κ1) is 25.0. The number of fused-ring (bicyclic) bond motifs is 1. The number of likely N-dealkylation sites (tertiary alicyclic amines) is 2. The number of hydrogen-bond acceptors (Lipinski definition) is 5. The fourth-order valence-electron chi connectivity index (χ4n) is 5.14. The molecule has 2 saturated heterocycles. The molecule has 2 fully saturated rings. The summed E-state index contributed by atoms with van der Waals surface area (Å²) in [7, 11) is -1.79. The number of piperidine rings is 1. The molecule has 2 unspecified atom stereocenters. The Balaban J connectivity index is 1.37. The van der Waals surface area contributed by atoms with Crippen molar-refractivity contribution < 1.29 is 26.9 Å². The number of alkyl halides is 3. The van der Waals surface area contributed by atoms with Crippen molar-refractivity contribution >= 4 is 22.6 Å². The normalized spacial score (nSPS) is 21.7. The van der Waals surface area contributed by atoms with Gasteiger partial charge in [0.15, 0.2) is 11.0 Å². The second-order valence-electron chi connectivity index (χ2n) is 9.43. The summed E-state index contributed by atoms with van der Waals surface area (Å²) in [6.45, 7) is 4.18. The van der Waals surface area contributed by atoms with Gasteiger partial charge >= 0.3 is 6.18 Å². The summed E-state index contributed by atoms with van der Waals surface area (Å²) >= 11 is 0. The number of halogens is 3. The summed E-state index contributed by atoms with van der Waals surface area (Å²) in [5.41, 5.74) is -0.00869. The van der Waals surface area contributed by atoms with Crippen molar-refractivity contribution in [3.05, 3.63) is 47.7 Å². The Morgan fingerprint density at radius 3 is 2.50 bits per heavy atom. The lowest BCUT2D eigenvalue weighted by molar-refractivity contribution is -0.137. The summed E-state index contributed by atoms with van der Waals surface area (Å²) in [5, 5.41) is 0. The van der Waals surface area contributed by atoms with E-state index >= 15 is 0 Å². The third-order valence-electron chi connectivity index (χ3n) is 7.02. The van der Waals surface area contributed by atoms with E-state index in [1.165, 1.54) is 35.5 Å². The van der Waals surface area contributed by atoms with Gasteiger partial charge in [0.05, 0.1) is 22.6 Å². The number of benzene rings is 1. The lowest BCUT2D eigenvalue weighted by Gasteiger charge is -2.38. The van der Waals surface area contributed by atoms with E-state index in [2.05, 4.69) is 9.88 Å². The Bertz CT molecular complexity index is 1120. The number of carbonyl (C=O) groups is 1. The molecule has 1 amide bonds. The topological polar surface area (TPSA) is 66.0 Å². The van der Waals surface area contributed by atoms with Gasteiger partial charge in [-0.25, -0.2) is 9.19 Å². The molecular weight excluding hydrogens is 493 g/mol. The van der Waals surface area contributed by atoms with E-state index in [-0.39, 0.29) is 35.9 Å². The van der Waals surface area contributed by atoms with Crippen LogP contribution in [-0.2, 0) is 17.2 Å². The molecule has 2 aromatic rings. The Kier molecular flexibility index (Phi) is 7.21. The van der Waals surface area contributed by atoms with Crippen LogP contribution in [0.5, 0.6) is 5.88 Å². The highest BCUT2D eigenvalue weighted by Gasteiger charge is 2.33. The number of carbonyl (C=O) groups excluding carboxylic acids is 1. The highest BCUT2D eigenvalue weighted by atomic mass is 32.2. The van der Waals surface area contributed by atoms with Crippen molar-refractivity contribution in [1.29, 1.82) is 0 Å². The molecule has 0 aliphatic carbocycles. The van der Waals surface area contributed by atoms with Gasteiger partial charge in [-0.15, -0.1) is 0 Å². The van der Waals surface area contributed by atoms with Crippen molar-refractivity contribution in [3.8, 4) is 5.88 Å². The van der Waals surface area contributed by atoms with Gasteiger partial charge in [-0.05, 0) is 75.5 Å². The van der Waals surface area contributed by atoms with Gasteiger partial charge in [-0.1, -0.05) is 0 Å². The standard InChI is InChI=1S/C25H29F3N4O3S/c26-25(27,28)19-6-8-21(9-7-19)36(34)32-13-14-35-23-22(32)15-18(16-29-23)24(33)31-12-2-1-5-20(31)17-30-10-3-4-11-30/h6-9,15-16,20H,1-5,10-14,17H2. The van der Waals surface area contributed by atoms with E-state index in [9.17, 15) is 22.2 Å². The molecule has 1 aromatic heterocycles. The largest absolute Gasteiger partial charge is 0.474 e. The molecule has 2 atom stereocenters. The number of aromatic nitrogens is 1. The molecule has 3 aliphatic heterocycles. The van der Waals surface area contributed by atoms with Crippen LogP contribution in [0.3, 0.4) is 0 Å². The van der Waals surface area contributed by atoms with E-state index < -0.39 is 22.7 Å². The Hall–Kier alpha value is -2.66. The monoisotopic (exact) mass is 522 g/mol. The van der Waals surface area contributed by atoms with Crippen LogP contribution in [-0.4, -0.2) is 70.3 Å². The van der Waals surface area contributed by atoms with Crippen molar-refractivity contribution in [2.45, 2.75) is 49.2 Å². The van der Waals surface area contributed by atoms with Crippen molar-refractivity contribution in [2.75, 3.05) is 43.6 Å². The Morgan fingerprint density at radius 1 is 1.06 bits per heavy atom. The van der Waals surface area contributed by atoms with Crippen LogP contribution < -0.4 is 9.04 Å². The number of ether oxygens (including phenoxy) is 1. The third kappa shape index (κ3) is 5.22. The average Bonchev–Trinajstić information content (AvgIpc) is 3.40. The van der Waals surface area contributed by atoms with Crippen molar-refractivity contribution in [3.63, 3.8) is 0 Å². The number of nitrogens with zero attached hydrogens (tertiary/aromatic N) is 4. The number of rotatable bonds is 5. The SMILES string of the molecule is O=C(c1cnc2c(c1)N(S(=O)c1ccc(C(F)(F)F)cc1)CCO2)N1CCCCC1CN1CCCC1. The molecule has 0 saturated carbocycles. The molecular formula is C25H29F3N4O3S. The van der Waals surface area contributed by atoms with Crippen LogP contribution in [0.4, 0.5) is 18.9 Å². The zero-order valence-corrected chi connectivity index (χ0v) is 20.7. The van der Waals surface area contributed by atoms with Gasteiger partial charge in [-0.3, -0.25) is 9.10 Å². The molecule has 36 heavy (non-hydrogen) atoms. The molecule has 11 heteroatoms. The smallest absolute Gasteiger partial charge is 0.416 e. The molecule has 7 nitrogen and oxygen atoms in total. The van der Waals surface area contributed by atoms with Crippen LogP contribution >= 0.6 is 0 Å². The van der Waals surface area contributed by atoms with Crippen LogP contribution in [0, 0.1) is 0 Å². The quantitative estimate of drug-likeness (QED) is 0.592. The lowest BCUT2D eigenvalue weighted by Crippen LogP contribution is -2.49. The zero-order valence-electron chi connectivity index (χ0n) is 19.9. The summed E-state index contributed by atoms with van der Waals surface area (Å²) in [6.07, 6.45) is 2.43. The van der Waals surface area contributed by atoms with Gasteiger partial charge < -0.3 is 14.5 Å². The van der Waals surface area contributed by atoms with E-state index in [1.54, 1.807) is 6.07 Å². The minimum absolute atomic E-state index is 0.111. The van der Waals surface area contributed by atoms with Crippen LogP contribution in [0.2, 0.25) is 0 Å². The van der Waals surface area contributed by atoms with E-state index in [0.717, 1.165) is 51.0 Å². The molecule has 0 bridgehead atoms. The first-order valence-corrected chi connectivity index (χ1v) is 13.4. The zero-order chi connectivity index (χ0) is 25.3. The Morgan fingerprint density at radius 2 is 1.78 bits per heavy atom. The fourth-order valence-corrected chi connectivity index (χ4v) is 6.31. The maximum absolute atomic E-state index is 13.6. The molecule has 0 spiro atoms. The van der Waals surface area contributed by atoms with Gasteiger partial charge in [0.1, 0.15) is 12.3 Å². The summed E-state index contributed by atoms with van der Waals surface area (Å²) < 4.78 is 59.3. The highest BCUT2D eigenvalue weighted by Crippen LogP contribution is 2.35. The third-order valence-corrected chi connectivity index (χ3v) is 8.48. The average molecular weight is 523 g/mol. The fraction of sp³-hybridized carbons (Fsp3) is 0.520. The van der Waals surface area contributed by atoms with Gasteiger partial charge in [0.25, 0.3) is 5.91 Å². The second-order valence-corrected chi connectivity index (χ2v) is 10.8. The minimum Gasteiger partial charge on any atom is -0.474 e. The molecule has 0 N–H and O–H groups in total. The number of pyridine rings is 1. The van der Waals surface area contributed by atoms with Gasteiger partial charge in [0, 0.05) is 25.3 Å². The van der Waals surface area contributed by atoms with Crippen LogP contribution in [0.1, 0.15) is 48.0 Å². The Labute approximate surface area is 210 Å². The lowest BCUT2D eigenvalue weighted by atomic mass is 10.0.